The molecule has 1 aromatic heterocycles. The van der Waals surface area contributed by atoms with Crippen LogP contribution in [0.1, 0.15) is 5.56 Å². The first kappa shape index (κ1) is 7.72. The van der Waals surface area contributed by atoms with Crippen molar-refractivity contribution in [2.24, 2.45) is 0 Å². The van der Waals surface area contributed by atoms with Crippen LogP contribution in [0.3, 0.4) is 0 Å². The average Bonchev–Trinajstić information content (AvgIpc) is 2.03. The number of pyridine rings is 1. The van der Waals surface area contributed by atoms with E-state index in [9.17, 15) is 4.79 Å². The van der Waals surface area contributed by atoms with Crippen molar-refractivity contribution in [1.82, 2.24) is 4.98 Å². The van der Waals surface area contributed by atoms with E-state index in [2.05, 4.69) is 11.9 Å². The summed E-state index contributed by atoms with van der Waals surface area (Å²) < 4.78 is 0. The maximum absolute atomic E-state index is 10.3. The smallest absolute Gasteiger partial charge is 0.213 e. The van der Waals surface area contributed by atoms with Gasteiger partial charge in [-0.25, -0.2) is 0 Å². The highest BCUT2D eigenvalue weighted by molar-refractivity contribution is 5.73. The first-order valence-corrected chi connectivity index (χ1v) is 3.19. The fourth-order valence-electron chi connectivity index (χ4n) is 0.728. The van der Waals surface area contributed by atoms with Gasteiger partial charge in [0.25, 0.3) is 0 Å². The second-order valence-electron chi connectivity index (χ2n) is 2.27. The number of carbonyl (C=O) groups excluding carboxylic acids is 1. The molecule has 1 rings (SSSR count). The lowest BCUT2D eigenvalue weighted by molar-refractivity contribution is -0.107. The van der Waals surface area contributed by atoms with Crippen LogP contribution in [-0.2, 0) is 4.79 Å². The van der Waals surface area contributed by atoms with Gasteiger partial charge in [-0.2, -0.15) is 0 Å². The van der Waals surface area contributed by atoms with E-state index < -0.39 is 0 Å². The Labute approximate surface area is 65.7 Å². The van der Waals surface area contributed by atoms with Gasteiger partial charge in [-0.15, -0.1) is 0 Å². The molecular formula is C8H9N2O. The van der Waals surface area contributed by atoms with Crippen LogP contribution in [0.4, 0.5) is 5.69 Å². The standard InChI is InChI=1S/C8H9N2O/c1-7-3-8(5-9-4-7)10(2)6-11/h3-6H,1H2,2H3. The van der Waals surface area contributed by atoms with Gasteiger partial charge < -0.3 is 4.90 Å². The Bertz CT molecular complexity index is 260. The van der Waals surface area contributed by atoms with Crippen LogP contribution in [0.15, 0.2) is 18.5 Å². The highest BCUT2D eigenvalue weighted by Gasteiger charge is 1.97. The van der Waals surface area contributed by atoms with Gasteiger partial charge in [0.1, 0.15) is 0 Å². The summed E-state index contributed by atoms with van der Waals surface area (Å²) in [7, 11) is 1.67. The molecule has 0 aliphatic rings. The molecule has 57 valence electrons. The molecule has 0 saturated heterocycles. The van der Waals surface area contributed by atoms with E-state index in [0.717, 1.165) is 17.7 Å². The van der Waals surface area contributed by atoms with Gasteiger partial charge in [0.15, 0.2) is 0 Å². The van der Waals surface area contributed by atoms with Crippen LogP contribution < -0.4 is 4.90 Å². The molecule has 1 heterocycles. The Morgan fingerprint density at radius 1 is 1.64 bits per heavy atom. The van der Waals surface area contributed by atoms with Crippen LogP contribution in [0, 0.1) is 6.92 Å². The molecule has 11 heavy (non-hydrogen) atoms. The number of carbonyl (C=O) groups is 1. The van der Waals surface area contributed by atoms with Gasteiger partial charge in [0, 0.05) is 13.2 Å². The number of hydrogen-bond acceptors (Lipinski definition) is 2. The molecule has 0 aliphatic heterocycles. The SMILES string of the molecule is [CH2]c1cncc(N(C)C=O)c1. The lowest BCUT2D eigenvalue weighted by Crippen LogP contribution is -2.13. The van der Waals surface area contributed by atoms with E-state index in [1.807, 2.05) is 0 Å². The third-order valence-corrected chi connectivity index (χ3v) is 1.35. The fraction of sp³-hybridized carbons (Fsp3) is 0.125. The summed E-state index contributed by atoms with van der Waals surface area (Å²) in [6, 6.07) is 1.79. The van der Waals surface area contributed by atoms with Crippen LogP contribution in [-0.4, -0.2) is 18.4 Å². The summed E-state index contributed by atoms with van der Waals surface area (Å²) >= 11 is 0. The van der Waals surface area contributed by atoms with Crippen molar-refractivity contribution in [2.75, 3.05) is 11.9 Å². The van der Waals surface area contributed by atoms with Crippen molar-refractivity contribution in [2.45, 2.75) is 0 Å². The second-order valence-corrected chi connectivity index (χ2v) is 2.27. The lowest BCUT2D eigenvalue weighted by atomic mass is 10.3. The molecule has 0 aliphatic carbocycles. The molecule has 0 spiro atoms. The van der Waals surface area contributed by atoms with Crippen molar-refractivity contribution in [3.63, 3.8) is 0 Å². The van der Waals surface area contributed by atoms with Gasteiger partial charge >= 0.3 is 0 Å². The lowest BCUT2D eigenvalue weighted by Gasteiger charge is -2.09. The molecular weight excluding hydrogens is 140 g/mol. The van der Waals surface area contributed by atoms with Crippen molar-refractivity contribution >= 4 is 12.1 Å². The molecule has 1 aromatic rings. The van der Waals surface area contributed by atoms with Gasteiger partial charge in [0.05, 0.1) is 11.9 Å². The predicted octanol–water partition coefficient (Wildman–Crippen LogP) is 0.856. The number of rotatable bonds is 2. The summed E-state index contributed by atoms with van der Waals surface area (Å²) in [6.07, 6.45) is 3.99. The number of hydrogen-bond donors (Lipinski definition) is 0. The van der Waals surface area contributed by atoms with Crippen molar-refractivity contribution in [1.29, 1.82) is 0 Å². The van der Waals surface area contributed by atoms with Crippen LogP contribution >= 0.6 is 0 Å². The monoisotopic (exact) mass is 149 g/mol. The molecule has 0 N–H and O–H groups in total. The number of nitrogens with zero attached hydrogens (tertiary/aromatic N) is 2. The zero-order valence-electron chi connectivity index (χ0n) is 6.32. The molecule has 3 heteroatoms. The maximum Gasteiger partial charge on any atom is 0.213 e. The van der Waals surface area contributed by atoms with E-state index in [0.29, 0.717) is 0 Å². The highest BCUT2D eigenvalue weighted by Crippen LogP contribution is 2.09. The summed E-state index contributed by atoms with van der Waals surface area (Å²) in [6.45, 7) is 3.69. The Balaban J connectivity index is 2.95. The molecule has 0 saturated carbocycles. The van der Waals surface area contributed by atoms with Gasteiger partial charge in [-0.3, -0.25) is 9.78 Å². The topological polar surface area (TPSA) is 33.2 Å². The fourth-order valence-corrected chi connectivity index (χ4v) is 0.728. The third-order valence-electron chi connectivity index (χ3n) is 1.35. The maximum atomic E-state index is 10.3. The minimum absolute atomic E-state index is 0.733. The van der Waals surface area contributed by atoms with Gasteiger partial charge in [0.2, 0.25) is 6.41 Å². The average molecular weight is 149 g/mol. The first-order chi connectivity index (χ1) is 5.24. The number of aromatic nitrogens is 1. The predicted molar refractivity (Wildman–Crippen MR) is 43.2 cm³/mol. The van der Waals surface area contributed by atoms with Crippen LogP contribution in [0.25, 0.3) is 0 Å². The normalized spacial score (nSPS) is 9.27. The van der Waals surface area contributed by atoms with Crippen LogP contribution in [0.2, 0.25) is 0 Å². The summed E-state index contributed by atoms with van der Waals surface area (Å²) in [5.74, 6) is 0. The van der Waals surface area contributed by atoms with Crippen molar-refractivity contribution in [3.05, 3.63) is 30.9 Å². The highest BCUT2D eigenvalue weighted by atomic mass is 16.1. The van der Waals surface area contributed by atoms with E-state index >= 15 is 0 Å². The summed E-state index contributed by atoms with van der Waals surface area (Å²) in [5, 5.41) is 0. The quantitative estimate of drug-likeness (QED) is 0.584. The summed E-state index contributed by atoms with van der Waals surface area (Å²) in [4.78, 5) is 15.6. The molecule has 1 radical (unpaired) electrons. The molecule has 0 unspecified atom stereocenters. The number of anilines is 1. The van der Waals surface area contributed by atoms with Gasteiger partial charge in [-0.1, -0.05) is 0 Å². The Morgan fingerprint density at radius 3 is 2.91 bits per heavy atom. The van der Waals surface area contributed by atoms with Crippen molar-refractivity contribution < 1.29 is 4.79 Å². The van der Waals surface area contributed by atoms with Crippen LogP contribution in [0.5, 0.6) is 0 Å². The second kappa shape index (κ2) is 3.14. The minimum atomic E-state index is 0.733. The molecule has 1 amide bonds. The largest absolute Gasteiger partial charge is 0.317 e. The van der Waals surface area contributed by atoms with Crippen molar-refractivity contribution in [3.8, 4) is 0 Å². The molecule has 0 bridgehead atoms. The number of amides is 1. The summed E-state index contributed by atoms with van der Waals surface area (Å²) in [5.41, 5.74) is 1.56. The first-order valence-electron chi connectivity index (χ1n) is 3.19. The van der Waals surface area contributed by atoms with E-state index in [-0.39, 0.29) is 0 Å². The zero-order chi connectivity index (χ0) is 8.27. The molecule has 0 fully saturated rings. The van der Waals surface area contributed by atoms with E-state index in [1.165, 1.54) is 4.90 Å². The molecule has 0 aromatic carbocycles. The zero-order valence-corrected chi connectivity index (χ0v) is 6.32. The van der Waals surface area contributed by atoms with Gasteiger partial charge in [-0.05, 0) is 18.6 Å². The Morgan fingerprint density at radius 2 is 2.36 bits per heavy atom. The van der Waals surface area contributed by atoms with E-state index in [1.54, 1.807) is 25.5 Å². The third kappa shape index (κ3) is 1.77. The Hall–Kier alpha value is -1.38. The van der Waals surface area contributed by atoms with E-state index in [4.69, 9.17) is 0 Å². The Kier molecular flexibility index (Phi) is 2.21. The minimum Gasteiger partial charge on any atom is -0.317 e. The molecule has 0 atom stereocenters. The molecule has 3 nitrogen and oxygen atoms in total.